The van der Waals surface area contributed by atoms with E-state index in [1.165, 1.54) is 18.2 Å². The molecule has 0 bridgehead atoms. The summed E-state index contributed by atoms with van der Waals surface area (Å²) in [5.74, 6) is -0.0679. The summed E-state index contributed by atoms with van der Waals surface area (Å²) in [5.41, 5.74) is 2.13. The quantitative estimate of drug-likeness (QED) is 0.140. The number of rotatable bonds is 11. The van der Waals surface area contributed by atoms with E-state index in [1.807, 2.05) is 18.2 Å². The van der Waals surface area contributed by atoms with E-state index < -0.39 is 11.7 Å². The molecule has 0 saturated heterocycles. The highest BCUT2D eigenvalue weighted by Gasteiger charge is 2.29. The van der Waals surface area contributed by atoms with Crippen molar-refractivity contribution >= 4 is 10.8 Å². The molecule has 0 spiro atoms. The zero-order chi connectivity index (χ0) is 27.1. The fourth-order valence-corrected chi connectivity index (χ4v) is 4.52. The third-order valence-electron chi connectivity index (χ3n) is 6.79. The van der Waals surface area contributed by atoms with Crippen molar-refractivity contribution < 1.29 is 26.7 Å². The second kappa shape index (κ2) is 12.4. The van der Waals surface area contributed by atoms with Gasteiger partial charge in [-0.1, -0.05) is 68.3 Å². The van der Waals surface area contributed by atoms with Gasteiger partial charge in [0.2, 0.25) is 0 Å². The van der Waals surface area contributed by atoms with Gasteiger partial charge in [-0.2, -0.15) is 13.2 Å². The number of hydrogen-bond acceptors (Lipinski definition) is 1. The van der Waals surface area contributed by atoms with Crippen LogP contribution in [0, 0.1) is 11.6 Å². The molecule has 200 valence electrons. The van der Waals surface area contributed by atoms with Gasteiger partial charge in [0.15, 0.2) is 0 Å². The van der Waals surface area contributed by atoms with E-state index in [-0.39, 0.29) is 11.6 Å². The van der Waals surface area contributed by atoms with Crippen molar-refractivity contribution in [3.8, 4) is 5.75 Å². The Bertz CT molecular complexity index is 1360. The molecule has 0 N–H and O–H groups in total. The molecule has 0 unspecified atom stereocenters. The van der Waals surface area contributed by atoms with Crippen molar-refractivity contribution in [1.82, 2.24) is 0 Å². The predicted molar refractivity (Wildman–Crippen MR) is 142 cm³/mol. The number of aryl methyl sites for hydroxylation is 4. The molecule has 0 amide bonds. The predicted octanol–water partition coefficient (Wildman–Crippen LogP) is 9.28. The summed E-state index contributed by atoms with van der Waals surface area (Å²) in [6.45, 7) is 2.70. The van der Waals surface area contributed by atoms with Gasteiger partial charge in [0.1, 0.15) is 17.4 Å². The Hall–Kier alpha value is -3.41. The van der Waals surface area contributed by atoms with Crippen LogP contribution in [-0.4, -0.2) is 6.61 Å². The molecule has 0 fully saturated rings. The summed E-state index contributed by atoms with van der Waals surface area (Å²) in [7, 11) is 0. The largest absolute Gasteiger partial charge is 0.493 e. The molecule has 0 heterocycles. The summed E-state index contributed by atoms with van der Waals surface area (Å²) in [5, 5.41) is 1.25. The van der Waals surface area contributed by atoms with Crippen LogP contribution in [0.2, 0.25) is 0 Å². The van der Waals surface area contributed by atoms with E-state index in [1.54, 1.807) is 24.3 Å². The smallest absolute Gasteiger partial charge is 0.416 e. The molecule has 0 aliphatic rings. The summed E-state index contributed by atoms with van der Waals surface area (Å²) >= 11 is 0. The fraction of sp³-hybridized carbons (Fsp3) is 0.312. The van der Waals surface area contributed by atoms with Gasteiger partial charge in [-0.05, 0) is 77.9 Å². The number of benzene rings is 4. The normalized spacial score (nSPS) is 11.7. The Balaban J connectivity index is 1.37. The van der Waals surface area contributed by atoms with Crippen molar-refractivity contribution in [3.05, 3.63) is 112 Å². The number of ether oxygens (including phenoxy) is 1. The van der Waals surface area contributed by atoms with Crippen LogP contribution in [0.15, 0.2) is 72.8 Å². The average Bonchev–Trinajstić information content (AvgIpc) is 2.90. The molecule has 0 saturated carbocycles. The summed E-state index contributed by atoms with van der Waals surface area (Å²) in [6, 6.07) is 19.1. The van der Waals surface area contributed by atoms with E-state index >= 15 is 4.39 Å². The van der Waals surface area contributed by atoms with Gasteiger partial charge in [-0.25, -0.2) is 8.78 Å². The fourth-order valence-electron chi connectivity index (χ4n) is 4.52. The Morgan fingerprint density at radius 2 is 1.37 bits per heavy atom. The third-order valence-corrected chi connectivity index (χ3v) is 6.79. The summed E-state index contributed by atoms with van der Waals surface area (Å²) in [6.07, 6.45) is 0.707. The molecule has 38 heavy (non-hydrogen) atoms. The SMILES string of the molecule is CCCCCOc1ccc(CCc2ccc3c(F)c(CCc4ccc(C(F)(F)F)cc4)ccc3c2)c(F)c1. The number of halogens is 5. The number of hydrogen-bond donors (Lipinski definition) is 0. The highest BCUT2D eigenvalue weighted by molar-refractivity contribution is 5.84. The molecule has 0 radical (unpaired) electrons. The monoisotopic (exact) mass is 526 g/mol. The van der Waals surface area contributed by atoms with E-state index in [0.717, 1.165) is 47.9 Å². The van der Waals surface area contributed by atoms with E-state index in [2.05, 4.69) is 6.92 Å². The second-order valence-electron chi connectivity index (χ2n) is 9.60. The molecule has 0 aliphatic carbocycles. The first-order chi connectivity index (χ1) is 18.2. The maximum atomic E-state index is 15.2. The highest BCUT2D eigenvalue weighted by Crippen LogP contribution is 2.30. The van der Waals surface area contributed by atoms with Gasteiger partial charge < -0.3 is 4.74 Å². The maximum Gasteiger partial charge on any atom is 0.416 e. The number of fused-ring (bicyclic) bond motifs is 1. The van der Waals surface area contributed by atoms with Gasteiger partial charge in [0.05, 0.1) is 12.2 Å². The molecule has 4 aromatic carbocycles. The Labute approximate surface area is 220 Å². The third kappa shape index (κ3) is 7.12. The molecule has 1 nitrogen and oxygen atoms in total. The van der Waals surface area contributed by atoms with Crippen LogP contribution in [0.3, 0.4) is 0 Å². The zero-order valence-corrected chi connectivity index (χ0v) is 21.4. The van der Waals surface area contributed by atoms with Crippen LogP contribution >= 0.6 is 0 Å². The van der Waals surface area contributed by atoms with Crippen molar-refractivity contribution in [2.45, 2.75) is 58.0 Å². The first-order valence-electron chi connectivity index (χ1n) is 13.0. The van der Waals surface area contributed by atoms with Gasteiger partial charge in [0, 0.05) is 11.5 Å². The molecule has 0 aromatic heterocycles. The Kier molecular flexibility index (Phi) is 9.03. The van der Waals surface area contributed by atoms with Crippen LogP contribution in [0.5, 0.6) is 5.75 Å². The molecule has 0 atom stereocenters. The maximum absolute atomic E-state index is 15.2. The van der Waals surface area contributed by atoms with Gasteiger partial charge in [-0.15, -0.1) is 0 Å². The van der Waals surface area contributed by atoms with Crippen molar-refractivity contribution in [2.75, 3.05) is 6.61 Å². The average molecular weight is 527 g/mol. The summed E-state index contributed by atoms with van der Waals surface area (Å²) < 4.78 is 73.6. The highest BCUT2D eigenvalue weighted by atomic mass is 19.4. The molecule has 6 heteroatoms. The number of alkyl halides is 3. The minimum Gasteiger partial charge on any atom is -0.493 e. The molecular weight excluding hydrogens is 495 g/mol. The van der Waals surface area contributed by atoms with E-state index in [9.17, 15) is 17.6 Å². The van der Waals surface area contributed by atoms with Crippen LogP contribution in [0.25, 0.3) is 10.8 Å². The van der Waals surface area contributed by atoms with E-state index in [4.69, 9.17) is 4.74 Å². The number of unbranched alkanes of at least 4 members (excludes halogenated alkanes) is 2. The van der Waals surface area contributed by atoms with Gasteiger partial charge >= 0.3 is 6.18 Å². The minimum atomic E-state index is -4.37. The lowest BCUT2D eigenvalue weighted by atomic mass is 9.97. The molecule has 4 aromatic rings. The summed E-state index contributed by atoms with van der Waals surface area (Å²) in [4.78, 5) is 0. The lowest BCUT2D eigenvalue weighted by Gasteiger charge is -2.11. The van der Waals surface area contributed by atoms with Crippen molar-refractivity contribution in [3.63, 3.8) is 0 Å². The first kappa shape index (κ1) is 27.6. The zero-order valence-electron chi connectivity index (χ0n) is 21.4. The van der Waals surface area contributed by atoms with Crippen LogP contribution in [-0.2, 0) is 31.9 Å². The lowest BCUT2D eigenvalue weighted by Crippen LogP contribution is -2.04. The lowest BCUT2D eigenvalue weighted by molar-refractivity contribution is -0.137. The standard InChI is InChI=1S/C32H31F5O/c1-2-3-4-19-38-28-17-14-24(30(33)21-28)10-6-23-9-18-29-26(20-23)13-12-25(31(29)34)11-5-22-7-15-27(16-8-22)32(35,36)37/h7-9,12-18,20-21H,2-6,10-11,19H2,1H3. The molecule has 0 aliphatic heterocycles. The Morgan fingerprint density at radius 1 is 0.684 bits per heavy atom. The van der Waals surface area contributed by atoms with Crippen LogP contribution in [0.4, 0.5) is 22.0 Å². The van der Waals surface area contributed by atoms with Gasteiger partial charge in [0.25, 0.3) is 0 Å². The second-order valence-corrected chi connectivity index (χ2v) is 9.60. The van der Waals surface area contributed by atoms with Crippen LogP contribution < -0.4 is 4.74 Å². The topological polar surface area (TPSA) is 9.23 Å². The molecule has 4 rings (SSSR count). The van der Waals surface area contributed by atoms with Crippen LogP contribution in [0.1, 0.15) is 54.0 Å². The van der Waals surface area contributed by atoms with Gasteiger partial charge in [-0.3, -0.25) is 0 Å². The van der Waals surface area contributed by atoms with E-state index in [0.29, 0.717) is 54.6 Å². The molecular formula is C32H31F5O. The minimum absolute atomic E-state index is 0.289. The Morgan fingerprint density at radius 3 is 2.08 bits per heavy atom. The first-order valence-corrected chi connectivity index (χ1v) is 13.0. The van der Waals surface area contributed by atoms with Crippen molar-refractivity contribution in [1.29, 1.82) is 0 Å². The van der Waals surface area contributed by atoms with Crippen molar-refractivity contribution in [2.24, 2.45) is 0 Å².